The number of nitrogens with zero attached hydrogens (tertiary/aromatic N) is 6. The average molecular weight is 499 g/mol. The van der Waals surface area contributed by atoms with Crippen LogP contribution in [0.3, 0.4) is 0 Å². The van der Waals surface area contributed by atoms with Crippen LogP contribution >= 0.6 is 11.8 Å². The molecule has 3 heterocycles. The van der Waals surface area contributed by atoms with Gasteiger partial charge in [0.1, 0.15) is 0 Å². The first-order valence-electron chi connectivity index (χ1n) is 11.3. The number of hydrogen-bond acceptors (Lipinski definition) is 7. The third-order valence-electron chi connectivity index (χ3n) is 6.40. The minimum Gasteiger partial charge on any atom is -0.339 e. The van der Waals surface area contributed by atoms with Gasteiger partial charge in [0, 0.05) is 51.2 Å². The van der Waals surface area contributed by atoms with Crippen molar-refractivity contribution in [2.75, 3.05) is 31.9 Å². The van der Waals surface area contributed by atoms with E-state index in [0.717, 1.165) is 30.4 Å². The third kappa shape index (κ3) is 4.47. The lowest BCUT2D eigenvalue weighted by atomic mass is 10.1. The molecule has 1 amide bonds. The molecule has 0 saturated carbocycles. The number of benzene rings is 1. The first-order valence-corrected chi connectivity index (χ1v) is 13.7. The van der Waals surface area contributed by atoms with E-state index in [0.29, 0.717) is 42.1 Å². The second kappa shape index (κ2) is 9.47. The number of aryl methyl sites for hydroxylation is 2. The fraction of sp³-hybridized carbons (Fsp3) is 0.391. The van der Waals surface area contributed by atoms with Gasteiger partial charge in [-0.3, -0.25) is 9.78 Å². The Morgan fingerprint density at radius 2 is 1.74 bits per heavy atom. The van der Waals surface area contributed by atoms with Crippen molar-refractivity contribution in [1.82, 2.24) is 29.0 Å². The van der Waals surface area contributed by atoms with E-state index in [2.05, 4.69) is 15.2 Å². The van der Waals surface area contributed by atoms with Gasteiger partial charge in [-0.1, -0.05) is 17.8 Å². The van der Waals surface area contributed by atoms with Gasteiger partial charge in [-0.05, 0) is 54.7 Å². The van der Waals surface area contributed by atoms with E-state index in [1.165, 1.54) is 21.6 Å². The number of amides is 1. The average Bonchev–Trinajstić information content (AvgIpc) is 3.49. The van der Waals surface area contributed by atoms with Crippen LogP contribution in [0, 0.1) is 0 Å². The molecular weight excluding hydrogens is 472 g/mol. The predicted octanol–water partition coefficient (Wildman–Crippen LogP) is 1.99. The van der Waals surface area contributed by atoms with Crippen molar-refractivity contribution in [1.29, 1.82) is 0 Å². The number of piperazine rings is 1. The summed E-state index contributed by atoms with van der Waals surface area (Å²) in [6.07, 6.45) is 6.44. The summed E-state index contributed by atoms with van der Waals surface area (Å²) in [5.74, 6) is 0.899. The molecule has 1 fully saturated rings. The number of sulfonamides is 1. The normalized spacial score (nSPS) is 16.6. The molecule has 0 unspecified atom stereocenters. The Hall–Kier alpha value is -2.76. The summed E-state index contributed by atoms with van der Waals surface area (Å²) in [5.41, 5.74) is 3.30. The van der Waals surface area contributed by atoms with Gasteiger partial charge in [-0.15, -0.1) is 10.2 Å². The van der Waals surface area contributed by atoms with Crippen molar-refractivity contribution in [2.24, 2.45) is 7.05 Å². The molecular formula is C23H26N6O3S2. The quantitative estimate of drug-likeness (QED) is 0.479. The Morgan fingerprint density at radius 1 is 1.00 bits per heavy atom. The lowest BCUT2D eigenvalue weighted by Crippen LogP contribution is -2.51. The van der Waals surface area contributed by atoms with E-state index in [4.69, 9.17) is 0 Å². The molecule has 0 bridgehead atoms. The smallest absolute Gasteiger partial charge is 0.243 e. The zero-order valence-corrected chi connectivity index (χ0v) is 20.6. The lowest BCUT2D eigenvalue weighted by Gasteiger charge is -2.34. The van der Waals surface area contributed by atoms with Crippen molar-refractivity contribution >= 4 is 27.7 Å². The van der Waals surface area contributed by atoms with Gasteiger partial charge in [-0.25, -0.2) is 8.42 Å². The van der Waals surface area contributed by atoms with Crippen LogP contribution in [0.4, 0.5) is 0 Å². The molecule has 1 aliphatic carbocycles. The van der Waals surface area contributed by atoms with Crippen LogP contribution in [0.2, 0.25) is 0 Å². The number of thioether (sulfide) groups is 1. The lowest BCUT2D eigenvalue weighted by molar-refractivity contribution is -0.129. The van der Waals surface area contributed by atoms with E-state index in [1.807, 2.05) is 35.9 Å². The molecule has 178 valence electrons. The topological polar surface area (TPSA) is 101 Å². The monoisotopic (exact) mass is 498 g/mol. The molecule has 5 rings (SSSR count). The van der Waals surface area contributed by atoms with Crippen LogP contribution in [0.5, 0.6) is 0 Å². The SMILES string of the molecule is Cn1c(SCC(=O)N2CCN(S(=O)(=O)c3ccc4c(c3)CCC4)CC2)nnc1-c1ccncc1. The summed E-state index contributed by atoms with van der Waals surface area (Å²) in [7, 11) is -1.69. The zero-order chi connectivity index (χ0) is 23.7. The molecule has 9 nitrogen and oxygen atoms in total. The van der Waals surface area contributed by atoms with Gasteiger partial charge in [0.2, 0.25) is 15.9 Å². The Kier molecular flexibility index (Phi) is 6.41. The zero-order valence-electron chi connectivity index (χ0n) is 18.9. The van der Waals surface area contributed by atoms with Gasteiger partial charge < -0.3 is 9.47 Å². The number of rotatable bonds is 6. The first-order chi connectivity index (χ1) is 16.4. The fourth-order valence-electron chi connectivity index (χ4n) is 4.45. The molecule has 2 aliphatic rings. The molecule has 1 saturated heterocycles. The highest BCUT2D eigenvalue weighted by Crippen LogP contribution is 2.27. The summed E-state index contributed by atoms with van der Waals surface area (Å²) >= 11 is 1.33. The van der Waals surface area contributed by atoms with Crippen LogP contribution in [0.15, 0.2) is 52.8 Å². The summed E-state index contributed by atoms with van der Waals surface area (Å²) in [6, 6.07) is 9.21. The van der Waals surface area contributed by atoms with Crippen LogP contribution in [0.1, 0.15) is 17.5 Å². The summed E-state index contributed by atoms with van der Waals surface area (Å²) in [4.78, 5) is 18.9. The number of aromatic nitrogens is 4. The molecule has 1 aromatic carbocycles. The highest BCUT2D eigenvalue weighted by atomic mass is 32.2. The second-order valence-corrected chi connectivity index (χ2v) is 11.3. The molecule has 2 aromatic heterocycles. The molecule has 1 aliphatic heterocycles. The van der Waals surface area contributed by atoms with Crippen LogP contribution in [0.25, 0.3) is 11.4 Å². The highest BCUT2D eigenvalue weighted by Gasteiger charge is 2.31. The maximum absolute atomic E-state index is 13.1. The van der Waals surface area contributed by atoms with Gasteiger partial charge in [-0.2, -0.15) is 4.31 Å². The summed E-state index contributed by atoms with van der Waals surface area (Å²) in [5, 5.41) is 9.09. The third-order valence-corrected chi connectivity index (χ3v) is 9.30. The number of carbonyl (C=O) groups is 1. The van der Waals surface area contributed by atoms with E-state index >= 15 is 0 Å². The maximum atomic E-state index is 13.1. The van der Waals surface area contributed by atoms with Crippen LogP contribution in [-0.2, 0) is 34.7 Å². The minimum absolute atomic E-state index is 0.0342. The molecule has 11 heteroatoms. The van der Waals surface area contributed by atoms with Crippen molar-refractivity contribution in [3.63, 3.8) is 0 Å². The minimum atomic E-state index is -3.55. The molecule has 0 N–H and O–H groups in total. The van der Waals surface area contributed by atoms with Crippen molar-refractivity contribution in [3.8, 4) is 11.4 Å². The van der Waals surface area contributed by atoms with E-state index in [-0.39, 0.29) is 11.7 Å². The molecule has 3 aromatic rings. The Bertz CT molecular complexity index is 1300. The van der Waals surface area contributed by atoms with Crippen molar-refractivity contribution in [3.05, 3.63) is 53.9 Å². The summed E-state index contributed by atoms with van der Waals surface area (Å²) in [6.45, 7) is 1.35. The molecule has 0 atom stereocenters. The number of carbonyl (C=O) groups excluding carboxylic acids is 1. The number of fused-ring (bicyclic) bond motifs is 1. The van der Waals surface area contributed by atoms with Crippen molar-refractivity contribution < 1.29 is 13.2 Å². The maximum Gasteiger partial charge on any atom is 0.243 e. The van der Waals surface area contributed by atoms with E-state index in [9.17, 15) is 13.2 Å². The number of hydrogen-bond donors (Lipinski definition) is 0. The largest absolute Gasteiger partial charge is 0.339 e. The Morgan fingerprint density at radius 3 is 2.50 bits per heavy atom. The van der Waals surface area contributed by atoms with Gasteiger partial charge in [0.15, 0.2) is 11.0 Å². The van der Waals surface area contributed by atoms with Gasteiger partial charge in [0.25, 0.3) is 0 Å². The van der Waals surface area contributed by atoms with Gasteiger partial charge >= 0.3 is 0 Å². The molecule has 0 radical (unpaired) electrons. The van der Waals surface area contributed by atoms with Crippen LogP contribution in [-0.4, -0.2) is 75.2 Å². The number of pyridine rings is 1. The first kappa shape index (κ1) is 23.0. The highest BCUT2D eigenvalue weighted by molar-refractivity contribution is 7.99. The fourth-order valence-corrected chi connectivity index (χ4v) is 6.73. The predicted molar refractivity (Wildman–Crippen MR) is 129 cm³/mol. The van der Waals surface area contributed by atoms with E-state index in [1.54, 1.807) is 23.4 Å². The van der Waals surface area contributed by atoms with Crippen LogP contribution < -0.4 is 0 Å². The standard InChI is InChI=1S/C23H26N6O3S2/c1-27-22(18-7-9-24-10-8-18)25-26-23(27)33-16-21(30)28-11-13-29(14-12-28)34(31,32)20-6-5-17-3-2-4-19(17)15-20/h5-10,15H,2-4,11-14,16H2,1H3. The summed E-state index contributed by atoms with van der Waals surface area (Å²) < 4.78 is 29.6. The van der Waals surface area contributed by atoms with E-state index < -0.39 is 10.0 Å². The Labute approximate surface area is 203 Å². The molecule has 0 spiro atoms. The van der Waals surface area contributed by atoms with Crippen molar-refractivity contribution in [2.45, 2.75) is 29.3 Å². The van der Waals surface area contributed by atoms with Gasteiger partial charge in [0.05, 0.1) is 10.6 Å². The second-order valence-electron chi connectivity index (χ2n) is 8.46. The molecule has 34 heavy (non-hydrogen) atoms. The Balaban J connectivity index is 1.17.